The van der Waals surface area contributed by atoms with E-state index in [2.05, 4.69) is 0 Å². The average Bonchev–Trinajstić information content (AvgIpc) is 3.33. The minimum Gasteiger partial charge on any atom is -0.337 e. The van der Waals surface area contributed by atoms with Crippen molar-refractivity contribution in [2.24, 2.45) is 0 Å². The Morgan fingerprint density at radius 3 is 1.97 bits per heavy atom. The molecule has 0 bridgehead atoms. The molecule has 1 atom stereocenters. The molecule has 2 heterocycles. The third kappa shape index (κ3) is 5.00. The van der Waals surface area contributed by atoms with Gasteiger partial charge in [0.1, 0.15) is 6.04 Å². The van der Waals surface area contributed by atoms with Crippen molar-refractivity contribution < 1.29 is 27.6 Å². The number of alkyl halides is 3. The van der Waals surface area contributed by atoms with Crippen molar-refractivity contribution in [2.75, 3.05) is 37.8 Å². The summed E-state index contributed by atoms with van der Waals surface area (Å²) in [4.78, 5) is 43.4. The van der Waals surface area contributed by atoms with Crippen molar-refractivity contribution in [3.8, 4) is 0 Å². The molecule has 3 amide bonds. The Morgan fingerprint density at radius 2 is 1.36 bits per heavy atom. The third-order valence-electron chi connectivity index (χ3n) is 5.79. The second-order valence-electron chi connectivity index (χ2n) is 7.85. The van der Waals surface area contributed by atoms with Crippen molar-refractivity contribution in [1.82, 2.24) is 14.7 Å². The van der Waals surface area contributed by atoms with E-state index in [4.69, 9.17) is 0 Å². The van der Waals surface area contributed by atoms with Crippen LogP contribution in [-0.2, 0) is 11.0 Å². The summed E-state index contributed by atoms with van der Waals surface area (Å²) in [7, 11) is 0. The van der Waals surface area contributed by atoms with E-state index >= 15 is 0 Å². The average molecular weight is 478 g/mol. The molecule has 0 aliphatic carbocycles. The van der Waals surface area contributed by atoms with E-state index in [9.17, 15) is 27.6 Å². The number of benzene rings is 2. The second-order valence-corrected chi connectivity index (χ2v) is 8.85. The standard InChI is InChI=1S/C23H22F3N3O3S/c24-23(25,26)18-8-6-17(7-9-18)20(30)27-10-12-28(13-11-27)22(32)19-14-33-15-29(19)21(31)16-4-2-1-3-5-16/h1-9,19H,10-15H2/t19-/m0/s1. The second kappa shape index (κ2) is 9.46. The Hall–Kier alpha value is -3.01. The van der Waals surface area contributed by atoms with Gasteiger partial charge in [0.25, 0.3) is 11.8 Å². The van der Waals surface area contributed by atoms with Crippen LogP contribution in [-0.4, -0.2) is 76.3 Å². The molecule has 0 spiro atoms. The van der Waals surface area contributed by atoms with E-state index in [0.717, 1.165) is 12.1 Å². The summed E-state index contributed by atoms with van der Waals surface area (Å²) in [6.07, 6.45) is -4.46. The normalized spacial score (nSPS) is 19.0. The van der Waals surface area contributed by atoms with Crippen LogP contribution in [0.4, 0.5) is 13.2 Å². The van der Waals surface area contributed by atoms with Crippen molar-refractivity contribution in [2.45, 2.75) is 12.2 Å². The molecule has 2 saturated heterocycles. The largest absolute Gasteiger partial charge is 0.416 e. The van der Waals surface area contributed by atoms with Gasteiger partial charge in [-0.05, 0) is 36.4 Å². The molecule has 6 nitrogen and oxygen atoms in total. The van der Waals surface area contributed by atoms with Crippen LogP contribution in [0.1, 0.15) is 26.3 Å². The van der Waals surface area contributed by atoms with E-state index in [-0.39, 0.29) is 36.4 Å². The third-order valence-corrected chi connectivity index (χ3v) is 6.80. The molecule has 0 radical (unpaired) electrons. The van der Waals surface area contributed by atoms with Gasteiger partial charge in [0, 0.05) is 43.1 Å². The summed E-state index contributed by atoms with van der Waals surface area (Å²) >= 11 is 1.52. The van der Waals surface area contributed by atoms with E-state index in [1.54, 1.807) is 34.1 Å². The molecule has 33 heavy (non-hydrogen) atoms. The SMILES string of the molecule is O=C(c1ccc(C(F)(F)F)cc1)N1CCN(C(=O)[C@@H]2CSCN2C(=O)c2ccccc2)CC1. The highest BCUT2D eigenvalue weighted by Gasteiger charge is 2.38. The molecule has 0 unspecified atom stereocenters. The van der Waals surface area contributed by atoms with Crippen LogP contribution < -0.4 is 0 Å². The van der Waals surface area contributed by atoms with Crippen LogP contribution >= 0.6 is 11.8 Å². The highest BCUT2D eigenvalue weighted by Crippen LogP contribution is 2.29. The topological polar surface area (TPSA) is 60.9 Å². The monoisotopic (exact) mass is 477 g/mol. The van der Waals surface area contributed by atoms with Gasteiger partial charge in [-0.1, -0.05) is 18.2 Å². The number of hydrogen-bond donors (Lipinski definition) is 0. The molecule has 0 saturated carbocycles. The van der Waals surface area contributed by atoms with E-state index in [1.165, 1.54) is 28.8 Å². The fourth-order valence-corrected chi connectivity index (χ4v) is 5.06. The molecule has 2 aromatic rings. The van der Waals surface area contributed by atoms with Crippen LogP contribution in [0.3, 0.4) is 0 Å². The van der Waals surface area contributed by atoms with Gasteiger partial charge in [0.2, 0.25) is 5.91 Å². The predicted molar refractivity (Wildman–Crippen MR) is 118 cm³/mol. The zero-order chi connectivity index (χ0) is 23.6. The minimum absolute atomic E-state index is 0.147. The van der Waals surface area contributed by atoms with Crippen molar-refractivity contribution in [3.63, 3.8) is 0 Å². The van der Waals surface area contributed by atoms with Crippen LogP contribution in [0.2, 0.25) is 0 Å². The maximum atomic E-state index is 13.1. The van der Waals surface area contributed by atoms with E-state index in [1.807, 2.05) is 6.07 Å². The van der Waals surface area contributed by atoms with Gasteiger partial charge < -0.3 is 14.7 Å². The molecule has 2 fully saturated rings. The number of halogens is 3. The number of hydrogen-bond acceptors (Lipinski definition) is 4. The molecular weight excluding hydrogens is 455 g/mol. The highest BCUT2D eigenvalue weighted by atomic mass is 32.2. The first-order valence-electron chi connectivity index (χ1n) is 10.4. The zero-order valence-corrected chi connectivity index (χ0v) is 18.4. The molecule has 0 N–H and O–H groups in total. The molecular formula is C23H22F3N3O3S. The fraction of sp³-hybridized carbons (Fsp3) is 0.348. The number of piperazine rings is 1. The van der Waals surface area contributed by atoms with Gasteiger partial charge in [0.15, 0.2) is 0 Å². The first-order chi connectivity index (χ1) is 15.8. The number of thioether (sulfide) groups is 1. The maximum absolute atomic E-state index is 13.1. The smallest absolute Gasteiger partial charge is 0.337 e. The number of nitrogens with zero attached hydrogens (tertiary/aromatic N) is 3. The summed E-state index contributed by atoms with van der Waals surface area (Å²) in [5.74, 6) is 0.257. The number of amides is 3. The van der Waals surface area contributed by atoms with E-state index in [0.29, 0.717) is 30.3 Å². The Kier molecular flexibility index (Phi) is 6.64. The fourth-order valence-electron chi connectivity index (χ4n) is 3.92. The lowest BCUT2D eigenvalue weighted by Gasteiger charge is -2.37. The van der Waals surface area contributed by atoms with Gasteiger partial charge in [-0.2, -0.15) is 13.2 Å². The number of rotatable bonds is 3. The summed E-state index contributed by atoms with van der Waals surface area (Å²) < 4.78 is 38.2. The molecule has 2 aliphatic heterocycles. The Labute approximate surface area is 193 Å². The molecule has 2 aliphatic rings. The molecule has 174 valence electrons. The lowest BCUT2D eigenvalue weighted by atomic mass is 10.1. The van der Waals surface area contributed by atoms with Crippen LogP contribution in [0.15, 0.2) is 54.6 Å². The van der Waals surface area contributed by atoms with Gasteiger partial charge in [-0.3, -0.25) is 14.4 Å². The van der Waals surface area contributed by atoms with E-state index < -0.39 is 17.8 Å². The molecule has 10 heteroatoms. The minimum atomic E-state index is -4.46. The van der Waals surface area contributed by atoms with Crippen molar-refractivity contribution in [1.29, 1.82) is 0 Å². The van der Waals surface area contributed by atoms with Gasteiger partial charge in [0.05, 0.1) is 11.4 Å². The molecule has 2 aromatic carbocycles. The lowest BCUT2D eigenvalue weighted by Crippen LogP contribution is -2.56. The van der Waals surface area contributed by atoms with Gasteiger partial charge in [-0.15, -0.1) is 11.8 Å². The van der Waals surface area contributed by atoms with Crippen LogP contribution in [0.25, 0.3) is 0 Å². The Bertz CT molecular complexity index is 1020. The van der Waals surface area contributed by atoms with Crippen molar-refractivity contribution in [3.05, 3.63) is 71.3 Å². The highest BCUT2D eigenvalue weighted by molar-refractivity contribution is 7.99. The molecule has 4 rings (SSSR count). The van der Waals surface area contributed by atoms with Gasteiger partial charge >= 0.3 is 6.18 Å². The number of carbonyl (C=O) groups excluding carboxylic acids is 3. The summed E-state index contributed by atoms with van der Waals surface area (Å²) in [5, 5.41) is 0. The lowest BCUT2D eigenvalue weighted by molar-refractivity contribution is -0.137. The van der Waals surface area contributed by atoms with Crippen LogP contribution in [0, 0.1) is 0 Å². The first-order valence-corrected chi connectivity index (χ1v) is 11.6. The zero-order valence-electron chi connectivity index (χ0n) is 17.6. The maximum Gasteiger partial charge on any atom is 0.416 e. The summed E-state index contributed by atoms with van der Waals surface area (Å²) in [6, 6.07) is 12.4. The quantitative estimate of drug-likeness (QED) is 0.681. The Balaban J connectivity index is 1.36. The van der Waals surface area contributed by atoms with Gasteiger partial charge in [-0.25, -0.2) is 0 Å². The number of carbonyl (C=O) groups is 3. The van der Waals surface area contributed by atoms with Crippen LogP contribution in [0.5, 0.6) is 0 Å². The summed E-state index contributed by atoms with van der Waals surface area (Å²) in [5.41, 5.74) is -0.0992. The molecule has 0 aromatic heterocycles. The Morgan fingerprint density at radius 1 is 0.788 bits per heavy atom. The summed E-state index contributed by atoms with van der Waals surface area (Å²) in [6.45, 7) is 1.16. The predicted octanol–water partition coefficient (Wildman–Crippen LogP) is 3.21. The van der Waals surface area contributed by atoms with Crippen molar-refractivity contribution >= 4 is 29.5 Å². The first kappa shape index (κ1) is 23.2.